The second kappa shape index (κ2) is 9.28. The van der Waals surface area contributed by atoms with E-state index < -0.39 is 6.04 Å². The molecule has 7 heteroatoms. The Bertz CT molecular complexity index is 1240. The molecule has 1 unspecified atom stereocenters. The summed E-state index contributed by atoms with van der Waals surface area (Å²) in [4.78, 5) is 29.5. The minimum absolute atomic E-state index is 0.278. The average molecular weight is 429 g/mol. The second-order valence-corrected chi connectivity index (χ2v) is 8.04. The maximum Gasteiger partial charge on any atom is 0.262 e. The summed E-state index contributed by atoms with van der Waals surface area (Å²) < 4.78 is 0. The first-order valence-electron chi connectivity index (χ1n) is 9.80. The summed E-state index contributed by atoms with van der Waals surface area (Å²) in [6.45, 7) is 0. The van der Waals surface area contributed by atoms with E-state index in [0.717, 1.165) is 22.0 Å². The molecule has 0 radical (unpaired) electrons. The number of aromatic amines is 1. The van der Waals surface area contributed by atoms with Crippen LogP contribution in [0.3, 0.4) is 0 Å². The first-order valence-corrected chi connectivity index (χ1v) is 10.7. The normalized spacial score (nSPS) is 11.6. The molecule has 0 aliphatic carbocycles. The molecule has 0 fully saturated rings. The van der Waals surface area contributed by atoms with Crippen molar-refractivity contribution in [2.24, 2.45) is 0 Å². The molecule has 0 aliphatic rings. The van der Waals surface area contributed by atoms with Crippen molar-refractivity contribution in [3.63, 3.8) is 0 Å². The Balaban J connectivity index is 1.55. The first kappa shape index (κ1) is 20.4. The summed E-state index contributed by atoms with van der Waals surface area (Å²) in [5.41, 5.74) is 3.42. The highest BCUT2D eigenvalue weighted by molar-refractivity contribution is 7.12. The van der Waals surface area contributed by atoms with Crippen molar-refractivity contribution in [1.82, 2.24) is 10.3 Å². The lowest BCUT2D eigenvalue weighted by Gasteiger charge is -2.18. The maximum atomic E-state index is 13.1. The highest BCUT2D eigenvalue weighted by atomic mass is 32.1. The minimum Gasteiger partial charge on any atom is -0.361 e. The Hall–Kier alpha value is -3.89. The van der Waals surface area contributed by atoms with Crippen LogP contribution < -0.4 is 10.6 Å². The van der Waals surface area contributed by atoms with E-state index in [2.05, 4.69) is 21.7 Å². The molecular formula is C24H20N4O2S. The van der Waals surface area contributed by atoms with Gasteiger partial charge in [0, 0.05) is 29.2 Å². The number of amides is 2. The van der Waals surface area contributed by atoms with E-state index in [1.807, 2.05) is 35.8 Å². The standard InChI is InChI=1S/C24H20N4O2S/c25-12-11-16-7-9-18(10-8-16)27-23(29)21(28-24(30)22-6-3-13-31-22)14-17-15-26-20-5-2-1-4-19(17)20/h1-10,13,15,21,26H,11,14H2,(H,27,29)(H,28,30). The molecular weight excluding hydrogens is 408 g/mol. The molecule has 6 nitrogen and oxygen atoms in total. The fourth-order valence-corrected chi connectivity index (χ4v) is 4.02. The number of nitrogens with zero attached hydrogens (tertiary/aromatic N) is 1. The van der Waals surface area contributed by atoms with Crippen LogP contribution >= 0.6 is 11.3 Å². The summed E-state index contributed by atoms with van der Waals surface area (Å²) in [5, 5.41) is 17.4. The van der Waals surface area contributed by atoms with Crippen LogP contribution in [0.25, 0.3) is 10.9 Å². The number of para-hydroxylation sites is 1. The fourth-order valence-electron chi connectivity index (χ4n) is 3.39. The van der Waals surface area contributed by atoms with Gasteiger partial charge in [-0.1, -0.05) is 36.4 Å². The molecule has 0 saturated heterocycles. The molecule has 2 heterocycles. The van der Waals surface area contributed by atoms with Gasteiger partial charge in [0.25, 0.3) is 5.91 Å². The Morgan fingerprint density at radius 3 is 2.61 bits per heavy atom. The summed E-state index contributed by atoms with van der Waals surface area (Å²) in [6, 6.07) is 19.9. The van der Waals surface area contributed by atoms with Gasteiger partial charge in [-0.3, -0.25) is 9.59 Å². The van der Waals surface area contributed by atoms with Crippen LogP contribution in [0.1, 0.15) is 20.8 Å². The molecule has 0 bridgehead atoms. The molecule has 2 aromatic carbocycles. The number of carbonyl (C=O) groups excluding carboxylic acids is 2. The molecule has 2 amide bonds. The molecule has 0 saturated carbocycles. The summed E-state index contributed by atoms with van der Waals surface area (Å²) in [6.07, 6.45) is 2.53. The second-order valence-electron chi connectivity index (χ2n) is 7.09. The fraction of sp³-hybridized carbons (Fsp3) is 0.125. The van der Waals surface area contributed by atoms with Gasteiger partial charge in [-0.15, -0.1) is 11.3 Å². The van der Waals surface area contributed by atoms with Crippen molar-refractivity contribution in [2.45, 2.75) is 18.9 Å². The van der Waals surface area contributed by atoms with Crippen LogP contribution in [0.2, 0.25) is 0 Å². The molecule has 0 spiro atoms. The lowest BCUT2D eigenvalue weighted by atomic mass is 10.0. The largest absolute Gasteiger partial charge is 0.361 e. The van der Waals surface area contributed by atoms with Crippen LogP contribution in [-0.2, 0) is 17.6 Å². The average Bonchev–Trinajstić information content (AvgIpc) is 3.45. The zero-order valence-electron chi connectivity index (χ0n) is 16.6. The van der Waals surface area contributed by atoms with Crippen molar-refractivity contribution in [3.05, 3.63) is 88.2 Å². The van der Waals surface area contributed by atoms with E-state index in [4.69, 9.17) is 5.26 Å². The van der Waals surface area contributed by atoms with Crippen molar-refractivity contribution in [1.29, 1.82) is 5.26 Å². The number of anilines is 1. The number of fused-ring (bicyclic) bond motifs is 1. The number of benzene rings is 2. The van der Waals surface area contributed by atoms with Crippen molar-refractivity contribution in [2.75, 3.05) is 5.32 Å². The predicted molar refractivity (Wildman–Crippen MR) is 122 cm³/mol. The summed E-state index contributed by atoms with van der Waals surface area (Å²) >= 11 is 1.33. The zero-order valence-corrected chi connectivity index (χ0v) is 17.4. The SMILES string of the molecule is N#CCc1ccc(NC(=O)C(Cc2c[nH]c3ccccc23)NC(=O)c2cccs2)cc1. The number of thiophene rings is 1. The van der Waals surface area contributed by atoms with Gasteiger partial charge in [0.1, 0.15) is 6.04 Å². The van der Waals surface area contributed by atoms with Gasteiger partial charge < -0.3 is 15.6 Å². The van der Waals surface area contributed by atoms with Gasteiger partial charge in [-0.05, 0) is 40.8 Å². The Labute approximate surface area is 183 Å². The molecule has 4 rings (SSSR count). The summed E-state index contributed by atoms with van der Waals surface area (Å²) in [7, 11) is 0. The summed E-state index contributed by atoms with van der Waals surface area (Å²) in [5.74, 6) is -0.581. The smallest absolute Gasteiger partial charge is 0.262 e. The first-order chi connectivity index (χ1) is 15.1. The van der Waals surface area contributed by atoms with Crippen LogP contribution in [0.4, 0.5) is 5.69 Å². The third-order valence-corrected chi connectivity index (χ3v) is 5.84. The van der Waals surface area contributed by atoms with E-state index in [-0.39, 0.29) is 11.8 Å². The van der Waals surface area contributed by atoms with Crippen molar-refractivity contribution in [3.8, 4) is 6.07 Å². The van der Waals surface area contributed by atoms with E-state index in [0.29, 0.717) is 23.4 Å². The van der Waals surface area contributed by atoms with Crippen molar-refractivity contribution >= 4 is 39.7 Å². The number of aromatic nitrogens is 1. The number of nitrogens with one attached hydrogen (secondary N) is 3. The Kier molecular flexibility index (Phi) is 6.11. The van der Waals surface area contributed by atoms with Crippen LogP contribution in [0.5, 0.6) is 0 Å². The van der Waals surface area contributed by atoms with Crippen LogP contribution in [-0.4, -0.2) is 22.8 Å². The predicted octanol–water partition coefficient (Wildman–Crippen LogP) is 4.28. The zero-order chi connectivity index (χ0) is 21.6. The quantitative estimate of drug-likeness (QED) is 0.410. The van der Waals surface area contributed by atoms with Gasteiger partial charge in [-0.2, -0.15) is 5.26 Å². The van der Waals surface area contributed by atoms with Gasteiger partial charge >= 0.3 is 0 Å². The molecule has 2 aromatic heterocycles. The number of carbonyl (C=O) groups is 2. The minimum atomic E-state index is -0.757. The Morgan fingerprint density at radius 2 is 1.87 bits per heavy atom. The van der Waals surface area contributed by atoms with Gasteiger partial charge in [0.05, 0.1) is 17.4 Å². The maximum absolute atomic E-state index is 13.1. The molecule has 1 atom stereocenters. The number of H-pyrrole nitrogens is 1. The third-order valence-electron chi connectivity index (χ3n) is 4.97. The van der Waals surface area contributed by atoms with Crippen molar-refractivity contribution < 1.29 is 9.59 Å². The van der Waals surface area contributed by atoms with Crippen LogP contribution in [0.15, 0.2) is 72.2 Å². The van der Waals surface area contributed by atoms with E-state index in [9.17, 15) is 9.59 Å². The van der Waals surface area contributed by atoms with E-state index in [1.165, 1.54) is 11.3 Å². The van der Waals surface area contributed by atoms with Gasteiger partial charge in [0.15, 0.2) is 0 Å². The highest BCUT2D eigenvalue weighted by Crippen LogP contribution is 2.20. The topological polar surface area (TPSA) is 97.8 Å². The van der Waals surface area contributed by atoms with Crippen LogP contribution in [0, 0.1) is 11.3 Å². The molecule has 3 N–H and O–H groups in total. The molecule has 154 valence electrons. The highest BCUT2D eigenvalue weighted by Gasteiger charge is 2.24. The lowest BCUT2D eigenvalue weighted by Crippen LogP contribution is -2.45. The van der Waals surface area contributed by atoms with Gasteiger partial charge in [-0.25, -0.2) is 0 Å². The third kappa shape index (κ3) is 4.82. The monoisotopic (exact) mass is 428 g/mol. The number of rotatable bonds is 7. The number of hydrogen-bond donors (Lipinski definition) is 3. The number of nitriles is 1. The number of hydrogen-bond acceptors (Lipinski definition) is 4. The van der Waals surface area contributed by atoms with E-state index >= 15 is 0 Å². The van der Waals surface area contributed by atoms with E-state index in [1.54, 1.807) is 36.4 Å². The lowest BCUT2D eigenvalue weighted by molar-refractivity contribution is -0.118. The van der Waals surface area contributed by atoms with Gasteiger partial charge in [0.2, 0.25) is 5.91 Å². The molecule has 4 aromatic rings. The molecule has 31 heavy (non-hydrogen) atoms. The Morgan fingerprint density at radius 1 is 1.06 bits per heavy atom. The molecule has 0 aliphatic heterocycles.